The monoisotopic (exact) mass is 846 g/mol. The molecule has 1 aliphatic carbocycles. The zero-order valence-corrected chi connectivity index (χ0v) is 35.9. The van der Waals surface area contributed by atoms with Crippen LogP contribution in [0.1, 0.15) is 80.6 Å². The van der Waals surface area contributed by atoms with Crippen molar-refractivity contribution in [1.29, 1.82) is 0 Å². The van der Waals surface area contributed by atoms with Gasteiger partial charge in [-0.2, -0.15) is 0 Å². The van der Waals surface area contributed by atoms with Crippen LogP contribution in [0, 0.1) is 5.92 Å². The second-order valence-corrected chi connectivity index (χ2v) is 18.5. The largest absolute Gasteiger partial charge is 0.467 e. The Balaban J connectivity index is 1.43. The van der Waals surface area contributed by atoms with Crippen molar-refractivity contribution in [3.63, 3.8) is 0 Å². The number of amides is 3. The molecule has 0 bridgehead atoms. The Morgan fingerprint density at radius 2 is 1.63 bits per heavy atom. The van der Waals surface area contributed by atoms with Crippen molar-refractivity contribution < 1.29 is 63.2 Å². The molecule has 12 N–H and O–H groups in total. The van der Waals surface area contributed by atoms with Gasteiger partial charge in [0.15, 0.2) is 6.29 Å². The molecule has 2 saturated heterocycles. The van der Waals surface area contributed by atoms with Gasteiger partial charge in [0.2, 0.25) is 12.2 Å². The van der Waals surface area contributed by atoms with E-state index in [4.69, 9.17) is 45.6 Å². The molecule has 0 spiro atoms. The van der Waals surface area contributed by atoms with Gasteiger partial charge < -0.3 is 86.5 Å². The number of carbonyl (C=O) groups is 3. The lowest BCUT2D eigenvalue weighted by Gasteiger charge is -2.50. The van der Waals surface area contributed by atoms with Crippen LogP contribution in [0.3, 0.4) is 0 Å². The molecule has 3 heterocycles. The number of hydrogen-bond acceptors (Lipinski definition) is 17. The number of nitrogens with one attached hydrogen (secondary N) is 2. The van der Waals surface area contributed by atoms with Gasteiger partial charge in [0, 0.05) is 26.2 Å². The molecule has 0 aromatic rings. The number of likely N-dealkylation sites (N-methyl/N-ethyl adjacent to an activating group) is 1. The predicted molar refractivity (Wildman–Crippen MR) is 213 cm³/mol. The van der Waals surface area contributed by atoms with Crippen LogP contribution in [0.25, 0.3) is 0 Å². The highest BCUT2D eigenvalue weighted by Gasteiger charge is 2.54. The summed E-state index contributed by atoms with van der Waals surface area (Å²) in [5, 5.41) is 51.2. The average Bonchev–Trinajstić information content (AvgIpc) is 3.12. The third kappa shape index (κ3) is 13.5. The number of aliphatic hydroxyl groups excluding tert-OH is 3. The number of likely N-dealkylation sites (tertiary alicyclic amines) is 1. The van der Waals surface area contributed by atoms with Gasteiger partial charge in [-0.25, -0.2) is 9.59 Å². The Bertz CT molecular complexity index is 1430. The fourth-order valence-electron chi connectivity index (χ4n) is 7.73. The number of ether oxygens (including phenoxy) is 6. The summed E-state index contributed by atoms with van der Waals surface area (Å²) in [6, 6.07) is -3.85. The Morgan fingerprint density at radius 1 is 1.00 bits per heavy atom. The molecule has 0 radical (unpaired) electrons. The van der Waals surface area contributed by atoms with Crippen molar-refractivity contribution in [3.05, 3.63) is 11.8 Å². The number of piperidine rings is 1. The molecule has 20 heteroatoms. The van der Waals surface area contributed by atoms with Crippen molar-refractivity contribution in [2.24, 2.45) is 23.1 Å². The summed E-state index contributed by atoms with van der Waals surface area (Å²) in [5.41, 5.74) is 15.4. The van der Waals surface area contributed by atoms with E-state index >= 15 is 0 Å². The van der Waals surface area contributed by atoms with Crippen LogP contribution in [0.2, 0.25) is 0 Å². The van der Waals surface area contributed by atoms with E-state index < -0.39 is 96.1 Å². The fourth-order valence-corrected chi connectivity index (χ4v) is 7.73. The normalized spacial score (nSPS) is 33.9. The molecule has 4 rings (SSSR count). The van der Waals surface area contributed by atoms with E-state index in [1.165, 1.54) is 14.0 Å². The highest BCUT2D eigenvalue weighted by molar-refractivity contribution is 5.80. The highest BCUT2D eigenvalue weighted by Crippen LogP contribution is 2.34. The van der Waals surface area contributed by atoms with Crippen LogP contribution in [-0.4, -0.2) is 179 Å². The molecule has 0 unspecified atom stereocenters. The van der Waals surface area contributed by atoms with Crippen LogP contribution in [0.5, 0.6) is 0 Å². The molecule has 3 amide bonds. The maximum absolute atomic E-state index is 13.0. The summed E-state index contributed by atoms with van der Waals surface area (Å²) in [4.78, 5) is 41.3. The average molecular weight is 846 g/mol. The molecular weight excluding hydrogens is 774 g/mol. The maximum atomic E-state index is 13.0. The van der Waals surface area contributed by atoms with Gasteiger partial charge in [-0.1, -0.05) is 0 Å². The Hall–Kier alpha value is -2.89. The minimum atomic E-state index is -1.75. The Kier molecular flexibility index (Phi) is 16.8. The second kappa shape index (κ2) is 20.3. The molecule has 3 aliphatic heterocycles. The first-order chi connectivity index (χ1) is 27.4. The quantitative estimate of drug-likeness (QED) is 0.107. The van der Waals surface area contributed by atoms with E-state index in [9.17, 15) is 34.8 Å². The number of nitrogens with zero attached hydrogens (tertiary/aromatic N) is 2. The van der Waals surface area contributed by atoms with Gasteiger partial charge in [-0.15, -0.1) is 0 Å². The summed E-state index contributed by atoms with van der Waals surface area (Å²) in [6.07, 6.45) is -7.06. The van der Waals surface area contributed by atoms with Crippen LogP contribution < -0.4 is 27.8 Å². The summed E-state index contributed by atoms with van der Waals surface area (Å²) in [7, 11) is 1.36. The van der Waals surface area contributed by atoms with Gasteiger partial charge in [0.05, 0.1) is 31.3 Å². The van der Waals surface area contributed by atoms with Crippen molar-refractivity contribution in [2.45, 2.75) is 165 Å². The predicted octanol–water partition coefficient (Wildman–Crippen LogP) is -1.06. The van der Waals surface area contributed by atoms with Gasteiger partial charge in [0.25, 0.3) is 0 Å². The summed E-state index contributed by atoms with van der Waals surface area (Å²) in [5.74, 6) is 0.145. The first kappa shape index (κ1) is 48.8. The molecule has 0 aromatic carbocycles. The topological polar surface area (TPSA) is 296 Å². The first-order valence-electron chi connectivity index (χ1n) is 20.6. The summed E-state index contributed by atoms with van der Waals surface area (Å²) in [6.45, 7) is 13.9. The minimum absolute atomic E-state index is 0.0196. The maximum Gasteiger partial charge on any atom is 0.410 e. The Morgan fingerprint density at radius 3 is 2.24 bits per heavy atom. The highest BCUT2D eigenvalue weighted by atomic mass is 16.7. The zero-order valence-electron chi connectivity index (χ0n) is 35.9. The Labute approximate surface area is 347 Å². The number of carbonyl (C=O) groups excluding carboxylic acids is 3. The molecule has 59 heavy (non-hydrogen) atoms. The lowest BCUT2D eigenvalue weighted by molar-refractivity contribution is -0.310. The van der Waals surface area contributed by atoms with E-state index in [-0.39, 0.29) is 32.1 Å². The van der Waals surface area contributed by atoms with Crippen LogP contribution in [-0.2, 0) is 33.2 Å². The minimum Gasteiger partial charge on any atom is -0.467 e. The van der Waals surface area contributed by atoms with Crippen molar-refractivity contribution in [2.75, 3.05) is 46.4 Å². The van der Waals surface area contributed by atoms with Crippen molar-refractivity contribution in [1.82, 2.24) is 20.4 Å². The third-order valence-corrected chi connectivity index (χ3v) is 10.8. The van der Waals surface area contributed by atoms with E-state index in [0.29, 0.717) is 44.3 Å². The van der Waals surface area contributed by atoms with E-state index in [2.05, 4.69) is 10.6 Å². The van der Waals surface area contributed by atoms with Crippen molar-refractivity contribution >= 4 is 18.1 Å². The van der Waals surface area contributed by atoms with E-state index in [1.807, 2.05) is 26.8 Å². The third-order valence-electron chi connectivity index (χ3n) is 10.8. The van der Waals surface area contributed by atoms with Crippen LogP contribution >= 0.6 is 0 Å². The van der Waals surface area contributed by atoms with Crippen molar-refractivity contribution in [3.8, 4) is 0 Å². The summed E-state index contributed by atoms with van der Waals surface area (Å²) >= 11 is 0. The molecule has 1 saturated carbocycles. The number of hydrogen-bond donors (Lipinski definition) is 9. The SMILES string of the molecule is CN(C(=O)OC(C)(C)C)[C@@H]1[C@@H](O)[C@@H](O[C@@H]2[C@@H](O)[C@H](O[C@H]3OC(CNCC4CCN(C(=O)OC(C)(C)C)CC4)=CC[C@H]3N)[C@@H](N)C[C@H]2NC(=O)[C@@H](O)CCN)OC[C@]1(C)O. The summed E-state index contributed by atoms with van der Waals surface area (Å²) < 4.78 is 35.5. The van der Waals surface area contributed by atoms with E-state index in [1.54, 1.807) is 25.7 Å². The number of rotatable bonds is 13. The van der Waals surface area contributed by atoms with Gasteiger partial charge in [-0.3, -0.25) is 4.79 Å². The second-order valence-electron chi connectivity index (χ2n) is 18.5. The van der Waals surface area contributed by atoms with Crippen LogP contribution in [0.15, 0.2) is 11.8 Å². The fraction of sp³-hybridized carbons (Fsp3) is 0.872. The lowest BCUT2D eigenvalue weighted by atomic mass is 9.83. The van der Waals surface area contributed by atoms with Gasteiger partial charge in [-0.05, 0) is 106 Å². The lowest BCUT2D eigenvalue weighted by Crippen LogP contribution is -2.70. The molecule has 4 aliphatic rings. The molecule has 340 valence electrons. The number of nitrogens with two attached hydrogens (primary N) is 3. The molecular formula is C39H71N7O13. The molecule has 20 nitrogen and oxygen atoms in total. The molecule has 12 atom stereocenters. The standard InChI is InChI=1S/C39H71N7O13/c1-37(2,3)58-35(51)45(8)31-28(49)34(54-20-39(31,7)53)57-30-25(44-32(50)26(47)11-14-40)17-24(42)29(27(30)48)56-33-23(41)10-9-22(55-33)19-43-18-21-12-15-46(16-13-21)36(52)59-38(4,5)6/h9,21,23-31,33-34,43,47-49,53H,10-20,40-42H2,1-8H3,(H,44,50)/t23-,24+,25-,26+,27+,28-,29-,30+,31-,33-,34-,39+/m1/s1. The van der Waals surface area contributed by atoms with Gasteiger partial charge >= 0.3 is 12.2 Å². The smallest absolute Gasteiger partial charge is 0.410 e. The molecule has 0 aromatic heterocycles. The van der Waals surface area contributed by atoms with Gasteiger partial charge in [0.1, 0.15) is 53.1 Å². The van der Waals surface area contributed by atoms with E-state index in [0.717, 1.165) is 17.7 Å². The first-order valence-corrected chi connectivity index (χ1v) is 20.6. The number of aliphatic hydroxyl groups is 4. The zero-order chi connectivity index (χ0) is 44.0. The molecule has 3 fully saturated rings. The van der Waals surface area contributed by atoms with Crippen LogP contribution in [0.4, 0.5) is 9.59 Å².